The summed E-state index contributed by atoms with van der Waals surface area (Å²) in [5.41, 5.74) is 1.90. The molecule has 6 nitrogen and oxygen atoms in total. The van der Waals surface area contributed by atoms with Crippen LogP contribution in [0.25, 0.3) is 0 Å². The van der Waals surface area contributed by atoms with Crippen molar-refractivity contribution in [2.75, 3.05) is 38.6 Å². The lowest BCUT2D eigenvalue weighted by Gasteiger charge is -2.17. The van der Waals surface area contributed by atoms with E-state index >= 15 is 0 Å². The third-order valence-electron chi connectivity index (χ3n) is 4.97. The van der Waals surface area contributed by atoms with Crippen molar-refractivity contribution in [1.29, 1.82) is 0 Å². The average Bonchev–Trinajstić information content (AvgIpc) is 3.12. The van der Waals surface area contributed by atoms with Crippen LogP contribution >= 0.6 is 0 Å². The number of nitrogens with zero attached hydrogens (tertiary/aromatic N) is 2. The van der Waals surface area contributed by atoms with Crippen molar-refractivity contribution in [3.8, 4) is 5.75 Å². The summed E-state index contributed by atoms with van der Waals surface area (Å²) in [7, 11) is 4.01. The zero-order valence-corrected chi connectivity index (χ0v) is 17.1. The van der Waals surface area contributed by atoms with Crippen molar-refractivity contribution in [2.24, 2.45) is 5.92 Å². The summed E-state index contributed by atoms with van der Waals surface area (Å²) in [6.07, 6.45) is 1.15. The van der Waals surface area contributed by atoms with Gasteiger partial charge in [0.2, 0.25) is 11.8 Å². The van der Waals surface area contributed by atoms with Crippen LogP contribution in [0.2, 0.25) is 0 Å². The number of carbonyl (C=O) groups excluding carboxylic acids is 2. The highest BCUT2D eigenvalue weighted by Gasteiger charge is 2.34. The first-order chi connectivity index (χ1) is 14.0. The second kappa shape index (κ2) is 10.1. The molecule has 1 saturated heterocycles. The van der Waals surface area contributed by atoms with Crippen LogP contribution in [0.1, 0.15) is 18.4 Å². The summed E-state index contributed by atoms with van der Waals surface area (Å²) in [6, 6.07) is 17.4. The number of carbonyl (C=O) groups is 2. The number of benzene rings is 2. The predicted molar refractivity (Wildman–Crippen MR) is 114 cm³/mol. The van der Waals surface area contributed by atoms with Crippen molar-refractivity contribution in [2.45, 2.75) is 19.4 Å². The highest BCUT2D eigenvalue weighted by Crippen LogP contribution is 2.27. The fourth-order valence-corrected chi connectivity index (χ4v) is 3.35. The minimum Gasteiger partial charge on any atom is -0.489 e. The quantitative estimate of drug-likeness (QED) is 0.663. The normalized spacial score (nSPS) is 16.3. The van der Waals surface area contributed by atoms with Crippen LogP contribution in [0.5, 0.6) is 5.75 Å². The Bertz CT molecular complexity index is 806. The Kier molecular flexibility index (Phi) is 7.25. The SMILES string of the molecule is CN(C)CCCNC(=O)C1CC(=O)N(c2ccc(OCc3ccccc3)cc2)C1. The Balaban J connectivity index is 1.50. The van der Waals surface area contributed by atoms with Crippen LogP contribution in [-0.4, -0.2) is 50.4 Å². The van der Waals surface area contributed by atoms with Gasteiger partial charge in [0.05, 0.1) is 5.92 Å². The van der Waals surface area contributed by atoms with Crippen molar-refractivity contribution < 1.29 is 14.3 Å². The maximum atomic E-state index is 12.4. The summed E-state index contributed by atoms with van der Waals surface area (Å²) < 4.78 is 5.80. The summed E-state index contributed by atoms with van der Waals surface area (Å²) in [4.78, 5) is 28.5. The maximum Gasteiger partial charge on any atom is 0.227 e. The van der Waals surface area contributed by atoms with Gasteiger partial charge in [0.25, 0.3) is 0 Å². The lowest BCUT2D eigenvalue weighted by atomic mass is 10.1. The van der Waals surface area contributed by atoms with Gasteiger partial charge in [-0.05, 0) is 56.9 Å². The molecule has 3 rings (SSSR count). The monoisotopic (exact) mass is 395 g/mol. The van der Waals surface area contributed by atoms with Gasteiger partial charge in [-0.2, -0.15) is 0 Å². The topological polar surface area (TPSA) is 61.9 Å². The average molecular weight is 396 g/mol. The molecule has 1 atom stereocenters. The van der Waals surface area contributed by atoms with E-state index in [4.69, 9.17) is 4.74 Å². The molecule has 0 aliphatic carbocycles. The Hall–Kier alpha value is -2.86. The van der Waals surface area contributed by atoms with Crippen molar-refractivity contribution in [1.82, 2.24) is 10.2 Å². The zero-order chi connectivity index (χ0) is 20.6. The van der Waals surface area contributed by atoms with Gasteiger partial charge in [-0.3, -0.25) is 9.59 Å². The number of amides is 2. The molecule has 1 fully saturated rings. The Morgan fingerprint density at radius 1 is 1.14 bits per heavy atom. The number of hydrogen-bond acceptors (Lipinski definition) is 4. The molecule has 1 N–H and O–H groups in total. The van der Waals surface area contributed by atoms with E-state index in [2.05, 4.69) is 10.2 Å². The van der Waals surface area contributed by atoms with Crippen molar-refractivity contribution in [3.63, 3.8) is 0 Å². The first kappa shape index (κ1) is 20.9. The lowest BCUT2D eigenvalue weighted by Crippen LogP contribution is -2.34. The van der Waals surface area contributed by atoms with E-state index in [9.17, 15) is 9.59 Å². The molecule has 0 radical (unpaired) electrons. The molecule has 0 aromatic heterocycles. The van der Waals surface area contributed by atoms with E-state index in [-0.39, 0.29) is 24.2 Å². The first-order valence-corrected chi connectivity index (χ1v) is 10.0. The van der Waals surface area contributed by atoms with E-state index in [1.165, 1.54) is 0 Å². The molecule has 1 heterocycles. The van der Waals surface area contributed by atoms with Gasteiger partial charge in [-0.25, -0.2) is 0 Å². The standard InChI is InChI=1S/C23H29N3O3/c1-25(2)14-6-13-24-23(28)19-15-22(27)26(16-19)20-9-11-21(12-10-20)29-17-18-7-4-3-5-8-18/h3-5,7-12,19H,6,13-17H2,1-2H3,(H,24,28). The summed E-state index contributed by atoms with van der Waals surface area (Å²) >= 11 is 0. The predicted octanol–water partition coefficient (Wildman–Crippen LogP) is 2.69. The fourth-order valence-electron chi connectivity index (χ4n) is 3.35. The van der Waals surface area contributed by atoms with Crippen molar-refractivity contribution in [3.05, 3.63) is 60.2 Å². The van der Waals surface area contributed by atoms with Crippen LogP contribution in [0, 0.1) is 5.92 Å². The van der Waals surface area contributed by atoms with Crippen LogP contribution in [0.3, 0.4) is 0 Å². The smallest absolute Gasteiger partial charge is 0.227 e. The molecule has 29 heavy (non-hydrogen) atoms. The van der Waals surface area contributed by atoms with Gasteiger partial charge >= 0.3 is 0 Å². The molecule has 1 unspecified atom stereocenters. The second-order valence-electron chi connectivity index (χ2n) is 7.62. The largest absolute Gasteiger partial charge is 0.489 e. The molecule has 0 saturated carbocycles. The summed E-state index contributed by atoms with van der Waals surface area (Å²) in [5, 5.41) is 2.95. The molecular formula is C23H29N3O3. The van der Waals surface area contributed by atoms with Crippen LogP contribution in [-0.2, 0) is 16.2 Å². The molecule has 2 aromatic carbocycles. The number of anilines is 1. The number of rotatable bonds is 9. The van der Waals surface area contributed by atoms with E-state index in [0.29, 0.717) is 19.7 Å². The van der Waals surface area contributed by atoms with Gasteiger partial charge < -0.3 is 19.9 Å². The van der Waals surface area contributed by atoms with Crippen LogP contribution in [0.15, 0.2) is 54.6 Å². The highest BCUT2D eigenvalue weighted by atomic mass is 16.5. The molecule has 0 spiro atoms. The fraction of sp³-hybridized carbons (Fsp3) is 0.391. The number of ether oxygens (including phenoxy) is 1. The number of hydrogen-bond donors (Lipinski definition) is 1. The van der Waals surface area contributed by atoms with E-state index < -0.39 is 0 Å². The molecule has 2 amide bonds. The second-order valence-corrected chi connectivity index (χ2v) is 7.62. The van der Waals surface area contributed by atoms with Crippen molar-refractivity contribution >= 4 is 17.5 Å². The Labute approximate surface area is 172 Å². The molecule has 154 valence electrons. The Morgan fingerprint density at radius 3 is 2.55 bits per heavy atom. The van der Waals surface area contributed by atoms with Crippen LogP contribution in [0.4, 0.5) is 5.69 Å². The van der Waals surface area contributed by atoms with E-state index in [0.717, 1.165) is 30.0 Å². The maximum absolute atomic E-state index is 12.4. The van der Waals surface area contributed by atoms with Gasteiger partial charge in [0.1, 0.15) is 12.4 Å². The third kappa shape index (κ3) is 6.06. The molecular weight excluding hydrogens is 366 g/mol. The van der Waals surface area contributed by atoms with Gasteiger partial charge in [0, 0.05) is 25.2 Å². The highest BCUT2D eigenvalue weighted by molar-refractivity contribution is 6.00. The molecule has 1 aliphatic rings. The summed E-state index contributed by atoms with van der Waals surface area (Å²) in [6.45, 7) is 2.48. The minimum atomic E-state index is -0.295. The third-order valence-corrected chi connectivity index (χ3v) is 4.97. The first-order valence-electron chi connectivity index (χ1n) is 10.0. The van der Waals surface area contributed by atoms with Gasteiger partial charge in [-0.1, -0.05) is 30.3 Å². The number of nitrogens with one attached hydrogen (secondary N) is 1. The molecule has 2 aromatic rings. The zero-order valence-electron chi connectivity index (χ0n) is 17.1. The van der Waals surface area contributed by atoms with Gasteiger partial charge in [-0.15, -0.1) is 0 Å². The van der Waals surface area contributed by atoms with E-state index in [1.807, 2.05) is 68.7 Å². The summed E-state index contributed by atoms with van der Waals surface area (Å²) in [5.74, 6) is 0.397. The molecule has 6 heteroatoms. The minimum absolute atomic E-state index is 0.0172. The molecule has 1 aliphatic heterocycles. The Morgan fingerprint density at radius 2 is 1.86 bits per heavy atom. The van der Waals surface area contributed by atoms with Gasteiger partial charge in [0.15, 0.2) is 0 Å². The van der Waals surface area contributed by atoms with E-state index in [1.54, 1.807) is 4.90 Å². The van der Waals surface area contributed by atoms with Crippen LogP contribution < -0.4 is 15.0 Å². The molecule has 0 bridgehead atoms. The lowest BCUT2D eigenvalue weighted by molar-refractivity contribution is -0.126.